The molecule has 11 heteroatoms. The van der Waals surface area contributed by atoms with Gasteiger partial charge in [-0.2, -0.15) is 0 Å². The maximum atomic E-state index is 13.2. The van der Waals surface area contributed by atoms with Crippen LogP contribution >= 0.6 is 0 Å². The first-order valence-electron chi connectivity index (χ1n) is 9.85. The third-order valence-corrected chi connectivity index (χ3v) is 6.14. The van der Waals surface area contributed by atoms with Crippen molar-refractivity contribution < 1.29 is 33.4 Å². The molecule has 0 heterocycles. The van der Waals surface area contributed by atoms with Gasteiger partial charge in [-0.05, 0) is 30.0 Å². The number of para-hydroxylation sites is 1. The van der Waals surface area contributed by atoms with Crippen LogP contribution in [-0.4, -0.2) is 48.0 Å². The van der Waals surface area contributed by atoms with Crippen molar-refractivity contribution in [1.82, 2.24) is 15.5 Å². The van der Waals surface area contributed by atoms with Gasteiger partial charge in [-0.1, -0.05) is 42.5 Å². The van der Waals surface area contributed by atoms with Crippen molar-refractivity contribution >= 4 is 21.8 Å². The number of aryl methyl sites for hydroxylation is 1. The summed E-state index contributed by atoms with van der Waals surface area (Å²) in [4.78, 5) is 25.7. The number of nitrogens with one attached hydrogen (secondary N) is 3. The second kappa shape index (κ2) is 9.25. The normalized spacial score (nSPS) is 19.6. The van der Waals surface area contributed by atoms with E-state index in [1.54, 1.807) is 30.3 Å². The zero-order valence-corrected chi connectivity index (χ0v) is 18.1. The van der Waals surface area contributed by atoms with Gasteiger partial charge in [0.2, 0.25) is 21.8 Å². The molecule has 2 aromatic rings. The number of carbonyl (C=O) groups is 2. The Morgan fingerprint density at radius 3 is 2.41 bits per heavy atom. The van der Waals surface area contributed by atoms with E-state index in [4.69, 9.17) is 0 Å². The smallest absolute Gasteiger partial charge is 0.248 e. The van der Waals surface area contributed by atoms with Crippen molar-refractivity contribution in [2.45, 2.75) is 31.0 Å². The molecule has 2 aromatic carbocycles. The van der Waals surface area contributed by atoms with Crippen molar-refractivity contribution in [3.8, 4) is 5.75 Å². The van der Waals surface area contributed by atoms with E-state index in [2.05, 4.69) is 10.0 Å². The minimum absolute atomic E-state index is 0.162. The van der Waals surface area contributed by atoms with E-state index in [0.29, 0.717) is 12.0 Å². The summed E-state index contributed by atoms with van der Waals surface area (Å²) in [5, 5.41) is 32.8. The number of hydroxylamine groups is 1. The summed E-state index contributed by atoms with van der Waals surface area (Å²) < 4.78 is 26.1. The van der Waals surface area contributed by atoms with Gasteiger partial charge in [-0.3, -0.25) is 14.8 Å². The zero-order chi connectivity index (χ0) is 23.5. The van der Waals surface area contributed by atoms with Crippen LogP contribution in [0.15, 0.2) is 48.5 Å². The lowest BCUT2D eigenvalue weighted by atomic mass is 9.90. The standard InChI is InChI=1S/C21H25N3O7S/c1-32(30,31)24-18(15(19(26)23-29)12-14-7-3-5-9-17(14)25)20(27)22-21(28)11-10-13-6-2-4-8-16(13)21/h2-9,15,18,24-25,28-29H,10-12H2,1H3,(H,22,27)(H,23,26)/t15-,18+,21-/m0/s1. The highest BCUT2D eigenvalue weighted by Crippen LogP contribution is 2.35. The predicted molar refractivity (Wildman–Crippen MR) is 114 cm³/mol. The van der Waals surface area contributed by atoms with Crippen LogP contribution < -0.4 is 15.5 Å². The van der Waals surface area contributed by atoms with Crippen LogP contribution in [0.1, 0.15) is 23.1 Å². The van der Waals surface area contributed by atoms with E-state index in [1.807, 2.05) is 6.07 Å². The Morgan fingerprint density at radius 1 is 1.09 bits per heavy atom. The minimum Gasteiger partial charge on any atom is -0.508 e. The number of carbonyl (C=O) groups excluding carboxylic acids is 2. The van der Waals surface area contributed by atoms with Crippen molar-refractivity contribution in [1.29, 1.82) is 0 Å². The SMILES string of the molecule is CS(=O)(=O)N[C@@H](C(=O)N[C@]1(O)CCc2ccccc21)[C@H](Cc1ccccc1O)C(=O)NO. The monoisotopic (exact) mass is 463 g/mol. The van der Waals surface area contributed by atoms with Crippen LogP contribution in [0.4, 0.5) is 0 Å². The second-order valence-electron chi connectivity index (χ2n) is 7.79. The lowest BCUT2D eigenvalue weighted by Gasteiger charge is -2.31. The number of hydrogen-bond donors (Lipinski definition) is 6. The third-order valence-electron chi connectivity index (χ3n) is 5.45. The van der Waals surface area contributed by atoms with Crippen molar-refractivity contribution in [3.63, 3.8) is 0 Å². The van der Waals surface area contributed by atoms with E-state index in [1.165, 1.54) is 17.6 Å². The minimum atomic E-state index is -3.99. The van der Waals surface area contributed by atoms with Gasteiger partial charge >= 0.3 is 0 Å². The number of phenolic OH excluding ortho intramolecular Hbond substituents is 1. The summed E-state index contributed by atoms with van der Waals surface area (Å²) >= 11 is 0. The van der Waals surface area contributed by atoms with Gasteiger partial charge < -0.3 is 15.5 Å². The van der Waals surface area contributed by atoms with Crippen LogP contribution in [0.3, 0.4) is 0 Å². The van der Waals surface area contributed by atoms with Gasteiger partial charge in [0.05, 0.1) is 12.2 Å². The van der Waals surface area contributed by atoms with Crippen LogP contribution in [-0.2, 0) is 38.2 Å². The van der Waals surface area contributed by atoms with Gasteiger partial charge in [0, 0.05) is 12.0 Å². The second-order valence-corrected chi connectivity index (χ2v) is 9.57. The fourth-order valence-electron chi connectivity index (χ4n) is 3.92. The number of aromatic hydroxyl groups is 1. The Hall–Kier alpha value is -2.99. The quantitative estimate of drug-likeness (QED) is 0.180. The van der Waals surface area contributed by atoms with Crippen molar-refractivity contribution in [2.24, 2.45) is 5.92 Å². The molecule has 0 bridgehead atoms. The van der Waals surface area contributed by atoms with Gasteiger partial charge in [0.15, 0.2) is 5.72 Å². The van der Waals surface area contributed by atoms with E-state index in [-0.39, 0.29) is 24.2 Å². The van der Waals surface area contributed by atoms with Gasteiger partial charge in [-0.15, -0.1) is 0 Å². The van der Waals surface area contributed by atoms with Crippen LogP contribution in [0.25, 0.3) is 0 Å². The highest BCUT2D eigenvalue weighted by Gasteiger charge is 2.43. The van der Waals surface area contributed by atoms with Gasteiger partial charge in [0.1, 0.15) is 11.8 Å². The molecule has 0 fully saturated rings. The average molecular weight is 464 g/mol. The summed E-state index contributed by atoms with van der Waals surface area (Å²) in [6.07, 6.45) is 1.21. The average Bonchev–Trinajstić information content (AvgIpc) is 3.07. The molecule has 1 aliphatic carbocycles. The Labute approximate surface area is 185 Å². The molecule has 0 aromatic heterocycles. The molecule has 0 radical (unpaired) electrons. The van der Waals surface area contributed by atoms with Crippen molar-refractivity contribution in [3.05, 3.63) is 65.2 Å². The maximum absolute atomic E-state index is 13.2. The molecule has 2 amide bonds. The number of phenols is 1. The first-order valence-corrected chi connectivity index (χ1v) is 11.7. The van der Waals surface area contributed by atoms with E-state index in [0.717, 1.165) is 11.8 Å². The highest BCUT2D eigenvalue weighted by atomic mass is 32.2. The molecule has 3 rings (SSSR count). The molecule has 0 unspecified atom stereocenters. The Bertz CT molecular complexity index is 1120. The molecular formula is C21H25N3O7S. The molecule has 0 spiro atoms. The van der Waals surface area contributed by atoms with E-state index < -0.39 is 39.5 Å². The summed E-state index contributed by atoms with van der Waals surface area (Å²) in [5.74, 6) is -3.60. The first-order chi connectivity index (χ1) is 15.0. The molecule has 32 heavy (non-hydrogen) atoms. The summed E-state index contributed by atoms with van der Waals surface area (Å²) in [7, 11) is -3.99. The fraction of sp³-hybridized carbons (Fsp3) is 0.333. The molecule has 10 nitrogen and oxygen atoms in total. The van der Waals surface area contributed by atoms with Crippen LogP contribution in [0.5, 0.6) is 5.75 Å². The molecule has 6 N–H and O–H groups in total. The highest BCUT2D eigenvalue weighted by molar-refractivity contribution is 7.88. The maximum Gasteiger partial charge on any atom is 0.248 e. The number of rotatable bonds is 8. The third kappa shape index (κ3) is 5.25. The number of benzene rings is 2. The summed E-state index contributed by atoms with van der Waals surface area (Å²) in [5.41, 5.74) is 1.28. The number of amides is 2. The number of aliphatic hydroxyl groups is 1. The molecule has 0 saturated heterocycles. The molecule has 0 aliphatic heterocycles. The van der Waals surface area contributed by atoms with Gasteiger partial charge in [0.25, 0.3) is 0 Å². The molecule has 172 valence electrons. The topological polar surface area (TPSA) is 165 Å². The molecular weight excluding hydrogens is 438 g/mol. The van der Waals surface area contributed by atoms with Crippen LogP contribution in [0.2, 0.25) is 0 Å². The van der Waals surface area contributed by atoms with E-state index in [9.17, 15) is 33.4 Å². The Morgan fingerprint density at radius 2 is 1.75 bits per heavy atom. The molecule has 0 saturated carbocycles. The van der Waals surface area contributed by atoms with E-state index >= 15 is 0 Å². The Kier molecular flexibility index (Phi) is 6.84. The zero-order valence-electron chi connectivity index (χ0n) is 17.3. The van der Waals surface area contributed by atoms with Crippen molar-refractivity contribution in [2.75, 3.05) is 6.26 Å². The lowest BCUT2D eigenvalue weighted by molar-refractivity contribution is -0.141. The first kappa shape index (κ1) is 23.7. The fourth-order valence-corrected chi connectivity index (χ4v) is 4.65. The number of sulfonamides is 1. The summed E-state index contributed by atoms with van der Waals surface area (Å²) in [6.45, 7) is 0. The summed E-state index contributed by atoms with van der Waals surface area (Å²) in [6, 6.07) is 11.3. The number of fused-ring (bicyclic) bond motifs is 1. The molecule has 1 aliphatic rings. The Balaban J connectivity index is 1.95. The number of hydrogen-bond acceptors (Lipinski definition) is 7. The predicted octanol–water partition coefficient (Wildman–Crippen LogP) is -0.118. The van der Waals surface area contributed by atoms with Crippen LogP contribution in [0, 0.1) is 5.92 Å². The largest absolute Gasteiger partial charge is 0.508 e. The molecule has 3 atom stereocenters. The lowest BCUT2D eigenvalue weighted by Crippen LogP contribution is -2.58. The van der Waals surface area contributed by atoms with Gasteiger partial charge in [-0.25, -0.2) is 18.6 Å².